The molecule has 0 fully saturated rings. The van der Waals surface area contributed by atoms with Gasteiger partial charge in [-0.25, -0.2) is 4.98 Å². The molecule has 1 aromatic heterocycles. The van der Waals surface area contributed by atoms with E-state index in [-0.39, 0.29) is 5.75 Å². The SMILES string of the molecule is O=C(O)CSc1nc2ccc(/C=C/c3ccccc3)cc2o1. The van der Waals surface area contributed by atoms with Crippen LogP contribution in [0.5, 0.6) is 0 Å². The van der Waals surface area contributed by atoms with E-state index in [2.05, 4.69) is 4.98 Å². The number of aromatic nitrogens is 1. The van der Waals surface area contributed by atoms with Gasteiger partial charge in [0.25, 0.3) is 5.22 Å². The summed E-state index contributed by atoms with van der Waals surface area (Å²) in [4.78, 5) is 14.8. The summed E-state index contributed by atoms with van der Waals surface area (Å²) in [6, 6.07) is 15.7. The lowest BCUT2D eigenvalue weighted by atomic mass is 10.1. The zero-order valence-electron chi connectivity index (χ0n) is 11.6. The van der Waals surface area contributed by atoms with Gasteiger partial charge in [-0.3, -0.25) is 4.79 Å². The first-order valence-corrected chi connectivity index (χ1v) is 7.67. The Labute approximate surface area is 131 Å². The summed E-state index contributed by atoms with van der Waals surface area (Å²) in [5, 5.41) is 9.05. The van der Waals surface area contributed by atoms with Crippen LogP contribution in [0.2, 0.25) is 0 Å². The van der Waals surface area contributed by atoms with Crippen molar-refractivity contribution in [2.75, 3.05) is 5.75 Å². The maximum Gasteiger partial charge on any atom is 0.314 e. The molecule has 3 aromatic rings. The van der Waals surface area contributed by atoms with E-state index in [0.717, 1.165) is 28.4 Å². The molecule has 110 valence electrons. The molecule has 4 nitrogen and oxygen atoms in total. The van der Waals surface area contributed by atoms with E-state index < -0.39 is 5.97 Å². The molecule has 22 heavy (non-hydrogen) atoms. The molecule has 0 aliphatic rings. The highest BCUT2D eigenvalue weighted by Gasteiger charge is 2.08. The molecule has 0 unspecified atom stereocenters. The van der Waals surface area contributed by atoms with Gasteiger partial charge in [0, 0.05) is 0 Å². The van der Waals surface area contributed by atoms with Gasteiger partial charge in [0.2, 0.25) is 0 Å². The third-order valence-corrected chi connectivity index (χ3v) is 3.79. The largest absolute Gasteiger partial charge is 0.481 e. The number of rotatable bonds is 5. The van der Waals surface area contributed by atoms with Crippen molar-refractivity contribution in [2.24, 2.45) is 0 Å². The molecular weight excluding hydrogens is 298 g/mol. The van der Waals surface area contributed by atoms with Crippen LogP contribution in [0, 0.1) is 0 Å². The number of nitrogens with zero attached hydrogens (tertiary/aromatic N) is 1. The fourth-order valence-electron chi connectivity index (χ4n) is 1.97. The maximum atomic E-state index is 10.6. The van der Waals surface area contributed by atoms with Gasteiger partial charge < -0.3 is 9.52 Å². The smallest absolute Gasteiger partial charge is 0.314 e. The van der Waals surface area contributed by atoms with Crippen LogP contribution in [-0.2, 0) is 4.79 Å². The van der Waals surface area contributed by atoms with Crippen LogP contribution in [-0.4, -0.2) is 21.8 Å². The molecule has 0 bridgehead atoms. The minimum atomic E-state index is -0.890. The van der Waals surface area contributed by atoms with Gasteiger partial charge in [0.05, 0.1) is 0 Å². The van der Waals surface area contributed by atoms with E-state index in [0.29, 0.717) is 10.8 Å². The van der Waals surface area contributed by atoms with Crippen molar-refractivity contribution in [2.45, 2.75) is 5.22 Å². The van der Waals surface area contributed by atoms with Crippen molar-refractivity contribution in [3.05, 3.63) is 59.7 Å². The minimum Gasteiger partial charge on any atom is -0.481 e. The monoisotopic (exact) mass is 311 g/mol. The van der Waals surface area contributed by atoms with E-state index in [4.69, 9.17) is 9.52 Å². The lowest BCUT2D eigenvalue weighted by Gasteiger charge is -1.94. The highest BCUT2D eigenvalue weighted by molar-refractivity contribution is 7.99. The third-order valence-electron chi connectivity index (χ3n) is 2.98. The lowest BCUT2D eigenvalue weighted by Crippen LogP contribution is -1.97. The van der Waals surface area contributed by atoms with E-state index in [1.165, 1.54) is 0 Å². The van der Waals surface area contributed by atoms with Crippen molar-refractivity contribution in [3.8, 4) is 0 Å². The predicted molar refractivity (Wildman–Crippen MR) is 87.7 cm³/mol. The first-order valence-electron chi connectivity index (χ1n) is 6.69. The predicted octanol–water partition coefficient (Wildman–Crippen LogP) is 4.17. The Morgan fingerprint density at radius 2 is 1.91 bits per heavy atom. The van der Waals surface area contributed by atoms with Gasteiger partial charge in [-0.05, 0) is 23.3 Å². The summed E-state index contributed by atoms with van der Waals surface area (Å²) in [6.45, 7) is 0. The number of thioether (sulfide) groups is 1. The topological polar surface area (TPSA) is 63.3 Å². The highest BCUT2D eigenvalue weighted by atomic mass is 32.2. The zero-order valence-corrected chi connectivity index (χ0v) is 12.4. The third kappa shape index (κ3) is 3.56. The summed E-state index contributed by atoms with van der Waals surface area (Å²) >= 11 is 1.08. The Balaban J connectivity index is 1.80. The second kappa shape index (κ2) is 6.49. The first-order chi connectivity index (χ1) is 10.7. The molecule has 1 heterocycles. The average Bonchev–Trinajstić information content (AvgIpc) is 2.94. The number of fused-ring (bicyclic) bond motifs is 1. The standard InChI is InChI=1S/C17H13NO3S/c19-16(20)11-22-17-18-14-9-8-13(10-15(14)21-17)7-6-12-4-2-1-3-5-12/h1-10H,11H2,(H,19,20)/b7-6+. The van der Waals surface area contributed by atoms with Gasteiger partial charge in [-0.1, -0.05) is 60.3 Å². The number of aliphatic carboxylic acids is 1. The highest BCUT2D eigenvalue weighted by Crippen LogP contribution is 2.24. The Morgan fingerprint density at radius 1 is 1.14 bits per heavy atom. The van der Waals surface area contributed by atoms with Crippen molar-refractivity contribution in [1.82, 2.24) is 4.98 Å². The summed E-state index contributed by atoms with van der Waals surface area (Å²) in [5.41, 5.74) is 3.51. The Hall–Kier alpha value is -2.53. The van der Waals surface area contributed by atoms with Crippen LogP contribution in [0.3, 0.4) is 0 Å². The van der Waals surface area contributed by atoms with Crippen LogP contribution < -0.4 is 0 Å². The minimum absolute atomic E-state index is 0.0619. The van der Waals surface area contributed by atoms with Crippen LogP contribution in [0.25, 0.3) is 23.3 Å². The molecule has 0 spiro atoms. The van der Waals surface area contributed by atoms with Crippen molar-refractivity contribution < 1.29 is 14.3 Å². The zero-order chi connectivity index (χ0) is 15.4. The summed E-state index contributed by atoms with van der Waals surface area (Å²) in [6.07, 6.45) is 4.03. The second-order valence-corrected chi connectivity index (χ2v) is 5.56. The van der Waals surface area contributed by atoms with E-state index in [1.54, 1.807) is 0 Å². The molecule has 0 saturated carbocycles. The fourth-order valence-corrected chi connectivity index (χ4v) is 2.52. The van der Waals surface area contributed by atoms with Gasteiger partial charge in [0.15, 0.2) is 5.58 Å². The maximum absolute atomic E-state index is 10.6. The van der Waals surface area contributed by atoms with Crippen molar-refractivity contribution in [3.63, 3.8) is 0 Å². The molecule has 2 aromatic carbocycles. The van der Waals surface area contributed by atoms with E-state index in [1.807, 2.05) is 60.7 Å². The molecule has 0 radical (unpaired) electrons. The molecule has 0 atom stereocenters. The molecule has 0 saturated heterocycles. The van der Waals surface area contributed by atoms with Crippen molar-refractivity contribution >= 4 is 41.0 Å². The molecule has 0 aliphatic carbocycles. The van der Waals surface area contributed by atoms with Gasteiger partial charge in [-0.15, -0.1) is 0 Å². The molecule has 0 aliphatic heterocycles. The summed E-state index contributed by atoms with van der Waals surface area (Å²) < 4.78 is 5.57. The molecular formula is C17H13NO3S. The molecule has 1 N–H and O–H groups in total. The number of benzene rings is 2. The summed E-state index contributed by atoms with van der Waals surface area (Å²) in [5.74, 6) is -0.952. The number of carboxylic acids is 1. The lowest BCUT2D eigenvalue weighted by molar-refractivity contribution is -0.133. The van der Waals surface area contributed by atoms with Crippen LogP contribution >= 0.6 is 11.8 Å². The van der Waals surface area contributed by atoms with E-state index in [9.17, 15) is 4.79 Å². The normalized spacial score (nSPS) is 11.3. The average molecular weight is 311 g/mol. The van der Waals surface area contributed by atoms with E-state index >= 15 is 0 Å². The number of oxazole rings is 1. The van der Waals surface area contributed by atoms with Gasteiger partial charge in [-0.2, -0.15) is 0 Å². The Morgan fingerprint density at radius 3 is 2.68 bits per heavy atom. The number of carboxylic acid groups (broad SMARTS) is 1. The van der Waals surface area contributed by atoms with Crippen LogP contribution in [0.15, 0.2) is 58.2 Å². The number of hydrogen-bond acceptors (Lipinski definition) is 4. The first kappa shape index (κ1) is 14.4. The molecule has 0 amide bonds. The fraction of sp³-hybridized carbons (Fsp3) is 0.0588. The Bertz CT molecular complexity index is 824. The number of hydrogen-bond donors (Lipinski definition) is 1. The van der Waals surface area contributed by atoms with Crippen LogP contribution in [0.4, 0.5) is 0 Å². The molecule has 3 rings (SSSR count). The number of carbonyl (C=O) groups is 1. The van der Waals surface area contributed by atoms with Crippen LogP contribution in [0.1, 0.15) is 11.1 Å². The Kier molecular flexibility index (Phi) is 4.25. The second-order valence-electron chi connectivity index (χ2n) is 4.63. The van der Waals surface area contributed by atoms with Crippen molar-refractivity contribution in [1.29, 1.82) is 0 Å². The quantitative estimate of drug-likeness (QED) is 0.566. The van der Waals surface area contributed by atoms with Gasteiger partial charge in [0.1, 0.15) is 11.3 Å². The van der Waals surface area contributed by atoms with Gasteiger partial charge >= 0.3 is 5.97 Å². The molecule has 5 heteroatoms. The summed E-state index contributed by atoms with van der Waals surface area (Å²) in [7, 11) is 0.